The molecule has 0 saturated heterocycles. The summed E-state index contributed by atoms with van der Waals surface area (Å²) < 4.78 is 5.36. The first-order valence-corrected chi connectivity index (χ1v) is 8.12. The average molecular weight is 372 g/mol. The van der Waals surface area contributed by atoms with Gasteiger partial charge in [-0.1, -0.05) is 30.3 Å². The van der Waals surface area contributed by atoms with Crippen LogP contribution in [0.2, 0.25) is 5.02 Å². The highest BCUT2D eigenvalue weighted by atomic mass is 35.5. The third-order valence-corrected chi connectivity index (χ3v) is 3.76. The maximum Gasteiger partial charge on any atom is 0.329 e. The first-order chi connectivity index (χ1) is 12.5. The van der Waals surface area contributed by atoms with Gasteiger partial charge in [-0.25, -0.2) is 5.43 Å². The van der Waals surface area contributed by atoms with Gasteiger partial charge in [-0.05, 0) is 54.4 Å². The molecular weight excluding hydrogens is 354 g/mol. The molecule has 134 valence electrons. The van der Waals surface area contributed by atoms with Crippen molar-refractivity contribution in [1.29, 1.82) is 0 Å². The number of benzene rings is 2. The molecule has 2 amide bonds. The van der Waals surface area contributed by atoms with E-state index in [1.807, 2.05) is 0 Å². The molecule has 0 radical (unpaired) electrons. The lowest BCUT2D eigenvalue weighted by molar-refractivity contribution is -0.136. The van der Waals surface area contributed by atoms with Gasteiger partial charge in [0.15, 0.2) is 0 Å². The van der Waals surface area contributed by atoms with Crippen LogP contribution >= 0.6 is 11.6 Å². The number of amides is 2. The molecule has 2 N–H and O–H groups in total. The van der Waals surface area contributed by atoms with Crippen LogP contribution in [0.25, 0.3) is 0 Å². The van der Waals surface area contributed by atoms with Crippen molar-refractivity contribution in [3.05, 3.63) is 71.3 Å². The second-order valence-corrected chi connectivity index (χ2v) is 5.64. The van der Waals surface area contributed by atoms with E-state index in [0.29, 0.717) is 28.6 Å². The zero-order valence-electron chi connectivity index (χ0n) is 14.2. The predicted molar refractivity (Wildman–Crippen MR) is 103 cm³/mol. The van der Waals surface area contributed by atoms with E-state index >= 15 is 0 Å². The summed E-state index contributed by atoms with van der Waals surface area (Å²) in [5.74, 6) is -1.02. The number of nitrogens with one attached hydrogen (secondary N) is 2. The molecule has 0 fully saturated rings. The second kappa shape index (κ2) is 9.39. The third-order valence-electron chi connectivity index (χ3n) is 3.35. The number of hydrogen-bond acceptors (Lipinski definition) is 4. The topological polar surface area (TPSA) is 79.8 Å². The molecule has 0 atom stereocenters. The fourth-order valence-electron chi connectivity index (χ4n) is 1.94. The Labute approximate surface area is 156 Å². The molecule has 0 spiro atoms. The Kier molecular flexibility index (Phi) is 6.93. The van der Waals surface area contributed by atoms with Crippen molar-refractivity contribution in [2.24, 2.45) is 5.10 Å². The largest absolute Gasteiger partial charge is 0.490 e. The van der Waals surface area contributed by atoms with Crippen molar-refractivity contribution < 1.29 is 14.3 Å². The van der Waals surface area contributed by atoms with Crippen LogP contribution in [0.15, 0.2) is 60.2 Å². The quantitative estimate of drug-likeness (QED) is 0.354. The van der Waals surface area contributed by atoms with Crippen LogP contribution in [0.3, 0.4) is 0 Å². The number of rotatable bonds is 6. The first-order valence-electron chi connectivity index (χ1n) is 7.74. The number of ether oxygens (including phenoxy) is 1. The number of halogens is 1. The lowest BCUT2D eigenvalue weighted by Gasteiger charge is -2.08. The van der Waals surface area contributed by atoms with Crippen LogP contribution in [-0.4, -0.2) is 24.6 Å². The summed E-state index contributed by atoms with van der Waals surface area (Å²) in [5, 5.41) is 6.76. The molecule has 0 aliphatic heterocycles. The fourth-order valence-corrected chi connectivity index (χ4v) is 2.12. The standard InChI is InChI=1S/C19H18ClN3O3/c1-3-11-26-15-9-7-14(8-10-15)12-21-23-19(25)18(24)22-17-6-4-5-16(20)13(17)2/h3-10,12H,1,11H2,2H3,(H,22,24)(H,23,25)/b21-12-. The maximum atomic E-state index is 11.9. The van der Waals surface area contributed by atoms with Gasteiger partial charge in [-0.15, -0.1) is 0 Å². The molecule has 0 saturated carbocycles. The number of nitrogens with zero attached hydrogens (tertiary/aromatic N) is 1. The van der Waals surface area contributed by atoms with Crippen molar-refractivity contribution >= 4 is 35.3 Å². The smallest absolute Gasteiger partial charge is 0.329 e. The Morgan fingerprint density at radius 1 is 1.19 bits per heavy atom. The second-order valence-electron chi connectivity index (χ2n) is 5.23. The van der Waals surface area contributed by atoms with Gasteiger partial charge in [-0.3, -0.25) is 9.59 Å². The Morgan fingerprint density at radius 2 is 1.92 bits per heavy atom. The summed E-state index contributed by atoms with van der Waals surface area (Å²) in [6.45, 7) is 5.74. The van der Waals surface area contributed by atoms with E-state index in [0.717, 1.165) is 5.56 Å². The zero-order valence-corrected chi connectivity index (χ0v) is 14.9. The minimum absolute atomic E-state index is 0.421. The van der Waals surface area contributed by atoms with Crippen LogP contribution in [-0.2, 0) is 9.59 Å². The molecule has 2 rings (SSSR count). The molecule has 0 aromatic heterocycles. The Morgan fingerprint density at radius 3 is 2.62 bits per heavy atom. The summed E-state index contributed by atoms with van der Waals surface area (Å²) in [4.78, 5) is 23.7. The van der Waals surface area contributed by atoms with Crippen molar-refractivity contribution in [3.8, 4) is 5.75 Å². The molecular formula is C19H18ClN3O3. The Hall–Kier alpha value is -3.12. The van der Waals surface area contributed by atoms with Gasteiger partial charge in [0.25, 0.3) is 0 Å². The summed E-state index contributed by atoms with van der Waals surface area (Å²) in [6, 6.07) is 12.1. The van der Waals surface area contributed by atoms with Crippen molar-refractivity contribution in [2.75, 3.05) is 11.9 Å². The maximum absolute atomic E-state index is 11.9. The number of carbonyl (C=O) groups is 2. The predicted octanol–water partition coefficient (Wildman–Crippen LogP) is 3.30. The first kappa shape index (κ1) is 19.2. The molecule has 7 heteroatoms. The number of hydrazone groups is 1. The zero-order chi connectivity index (χ0) is 18.9. The third kappa shape index (κ3) is 5.46. The van der Waals surface area contributed by atoms with Gasteiger partial charge < -0.3 is 10.1 Å². The van der Waals surface area contributed by atoms with E-state index in [2.05, 4.69) is 22.4 Å². The molecule has 0 bridgehead atoms. The van der Waals surface area contributed by atoms with Crippen molar-refractivity contribution in [2.45, 2.75) is 6.92 Å². The van der Waals surface area contributed by atoms with Gasteiger partial charge in [0.2, 0.25) is 0 Å². The Bertz CT molecular complexity index is 832. The van der Waals surface area contributed by atoms with E-state index < -0.39 is 11.8 Å². The van der Waals surface area contributed by atoms with Crippen molar-refractivity contribution in [1.82, 2.24) is 5.43 Å². The van der Waals surface area contributed by atoms with E-state index in [9.17, 15) is 9.59 Å². The highest BCUT2D eigenvalue weighted by molar-refractivity contribution is 6.40. The molecule has 0 aliphatic carbocycles. The highest BCUT2D eigenvalue weighted by Gasteiger charge is 2.14. The molecule has 0 heterocycles. The van der Waals surface area contributed by atoms with E-state index in [4.69, 9.17) is 16.3 Å². The molecule has 0 aliphatic rings. The molecule has 2 aromatic carbocycles. The van der Waals surface area contributed by atoms with Gasteiger partial charge >= 0.3 is 11.8 Å². The van der Waals surface area contributed by atoms with Crippen molar-refractivity contribution in [3.63, 3.8) is 0 Å². The SMILES string of the molecule is C=CCOc1ccc(/C=N\NC(=O)C(=O)Nc2cccc(Cl)c2C)cc1. The van der Waals surface area contributed by atoms with Gasteiger partial charge in [0.05, 0.1) is 6.21 Å². The monoisotopic (exact) mass is 371 g/mol. The summed E-state index contributed by atoms with van der Waals surface area (Å²) in [7, 11) is 0. The average Bonchev–Trinajstić information content (AvgIpc) is 2.64. The van der Waals surface area contributed by atoms with E-state index in [1.165, 1.54) is 6.21 Å². The lowest BCUT2D eigenvalue weighted by Crippen LogP contribution is -2.32. The van der Waals surface area contributed by atoms with Crippen LogP contribution in [0, 0.1) is 6.92 Å². The summed E-state index contributed by atoms with van der Waals surface area (Å²) in [6.07, 6.45) is 3.08. The summed E-state index contributed by atoms with van der Waals surface area (Å²) in [5.41, 5.74) is 4.06. The summed E-state index contributed by atoms with van der Waals surface area (Å²) >= 11 is 5.98. The fraction of sp³-hybridized carbons (Fsp3) is 0.105. The number of anilines is 1. The van der Waals surface area contributed by atoms with Gasteiger partial charge in [0, 0.05) is 10.7 Å². The molecule has 0 unspecified atom stereocenters. The van der Waals surface area contributed by atoms with Gasteiger partial charge in [-0.2, -0.15) is 5.10 Å². The highest BCUT2D eigenvalue weighted by Crippen LogP contribution is 2.22. The van der Waals surface area contributed by atoms with Crippen LogP contribution in [0.4, 0.5) is 5.69 Å². The Balaban J connectivity index is 1.89. The minimum atomic E-state index is -0.883. The number of carbonyl (C=O) groups excluding carboxylic acids is 2. The van der Waals surface area contributed by atoms with Gasteiger partial charge in [0.1, 0.15) is 12.4 Å². The van der Waals surface area contributed by atoms with E-state index in [1.54, 1.807) is 55.5 Å². The van der Waals surface area contributed by atoms with Crippen LogP contribution in [0.5, 0.6) is 5.75 Å². The minimum Gasteiger partial charge on any atom is -0.490 e. The lowest BCUT2D eigenvalue weighted by atomic mass is 10.2. The van der Waals surface area contributed by atoms with Crippen LogP contribution < -0.4 is 15.5 Å². The van der Waals surface area contributed by atoms with E-state index in [-0.39, 0.29) is 0 Å². The molecule has 2 aromatic rings. The number of hydrogen-bond donors (Lipinski definition) is 2. The normalized spacial score (nSPS) is 10.4. The molecule has 26 heavy (non-hydrogen) atoms. The molecule has 6 nitrogen and oxygen atoms in total. The van der Waals surface area contributed by atoms with Crippen LogP contribution in [0.1, 0.15) is 11.1 Å².